The fraction of sp³-hybridized carbons (Fsp3) is 0.462. The maximum absolute atomic E-state index is 12.1. The van der Waals surface area contributed by atoms with Crippen molar-refractivity contribution in [2.75, 3.05) is 13.1 Å². The van der Waals surface area contributed by atoms with Crippen molar-refractivity contribution < 1.29 is 9.59 Å². The third-order valence-electron chi connectivity index (χ3n) is 3.14. The largest absolute Gasteiger partial charge is 0.341 e. The van der Waals surface area contributed by atoms with E-state index in [0.717, 1.165) is 25.9 Å². The van der Waals surface area contributed by atoms with Gasteiger partial charge in [0.15, 0.2) is 0 Å². The molecule has 19 heavy (non-hydrogen) atoms. The number of halogens is 1. The third kappa shape index (κ3) is 3.23. The third-order valence-corrected chi connectivity index (χ3v) is 3.44. The lowest BCUT2D eigenvalue weighted by molar-refractivity contribution is -0.131. The van der Waals surface area contributed by atoms with E-state index >= 15 is 0 Å². The molecule has 1 saturated heterocycles. The minimum atomic E-state index is -0.554. The Labute approximate surface area is 117 Å². The Kier molecular flexibility index (Phi) is 4.37. The molecule has 0 bridgehead atoms. The number of pyridine rings is 1. The van der Waals surface area contributed by atoms with E-state index in [1.807, 2.05) is 0 Å². The van der Waals surface area contributed by atoms with Gasteiger partial charge in [-0.3, -0.25) is 9.59 Å². The molecule has 2 amide bonds. The van der Waals surface area contributed by atoms with Crippen LogP contribution < -0.4 is 5.32 Å². The molecule has 0 aliphatic carbocycles. The van der Waals surface area contributed by atoms with Gasteiger partial charge in [0.2, 0.25) is 5.91 Å². The van der Waals surface area contributed by atoms with E-state index in [1.165, 1.54) is 6.20 Å². The number of rotatable bonds is 3. The van der Waals surface area contributed by atoms with E-state index in [-0.39, 0.29) is 22.5 Å². The predicted octanol–water partition coefficient (Wildman–Crippen LogP) is 1.48. The fourth-order valence-corrected chi connectivity index (χ4v) is 2.31. The van der Waals surface area contributed by atoms with Gasteiger partial charge in [0.25, 0.3) is 5.91 Å². The van der Waals surface area contributed by atoms with Gasteiger partial charge in [-0.25, -0.2) is 4.98 Å². The summed E-state index contributed by atoms with van der Waals surface area (Å²) in [5.41, 5.74) is 0.283. The normalized spacial score (nSPS) is 16.2. The SMILES string of the molecule is CC(NC(=O)c1cccnc1Cl)C(=O)N1CCCC1. The van der Waals surface area contributed by atoms with Crippen molar-refractivity contribution in [2.45, 2.75) is 25.8 Å². The summed E-state index contributed by atoms with van der Waals surface area (Å²) in [7, 11) is 0. The summed E-state index contributed by atoms with van der Waals surface area (Å²) in [6, 6.07) is 2.66. The summed E-state index contributed by atoms with van der Waals surface area (Å²) >= 11 is 5.84. The summed E-state index contributed by atoms with van der Waals surface area (Å²) in [6.45, 7) is 3.22. The van der Waals surface area contributed by atoms with Gasteiger partial charge in [-0.05, 0) is 31.9 Å². The minimum absolute atomic E-state index is 0.0501. The molecule has 1 aliphatic rings. The Balaban J connectivity index is 1.98. The highest BCUT2D eigenvalue weighted by Crippen LogP contribution is 2.12. The summed E-state index contributed by atoms with van der Waals surface area (Å²) in [5, 5.41) is 2.80. The second kappa shape index (κ2) is 6.02. The van der Waals surface area contributed by atoms with Crippen molar-refractivity contribution in [3.05, 3.63) is 29.0 Å². The van der Waals surface area contributed by atoms with E-state index in [9.17, 15) is 9.59 Å². The molecule has 5 nitrogen and oxygen atoms in total. The van der Waals surface area contributed by atoms with Crippen LogP contribution in [0.1, 0.15) is 30.1 Å². The number of carbonyl (C=O) groups excluding carboxylic acids is 2. The van der Waals surface area contributed by atoms with Crippen molar-refractivity contribution >= 4 is 23.4 Å². The van der Waals surface area contributed by atoms with Crippen LogP contribution >= 0.6 is 11.6 Å². The van der Waals surface area contributed by atoms with Crippen LogP contribution in [-0.4, -0.2) is 40.8 Å². The van der Waals surface area contributed by atoms with E-state index in [0.29, 0.717) is 0 Å². The van der Waals surface area contributed by atoms with Gasteiger partial charge < -0.3 is 10.2 Å². The molecule has 1 aromatic heterocycles. The Morgan fingerprint density at radius 3 is 2.74 bits per heavy atom. The first-order chi connectivity index (χ1) is 9.09. The fourth-order valence-electron chi connectivity index (χ4n) is 2.10. The topological polar surface area (TPSA) is 62.3 Å². The summed E-state index contributed by atoms with van der Waals surface area (Å²) in [5.74, 6) is -0.427. The van der Waals surface area contributed by atoms with E-state index in [1.54, 1.807) is 24.0 Å². The summed E-state index contributed by atoms with van der Waals surface area (Å²) < 4.78 is 0. The molecule has 1 atom stereocenters. The molecule has 1 aromatic rings. The Morgan fingerprint density at radius 2 is 2.11 bits per heavy atom. The van der Waals surface area contributed by atoms with Gasteiger partial charge in [0.05, 0.1) is 5.56 Å². The Hall–Kier alpha value is -1.62. The number of likely N-dealkylation sites (tertiary alicyclic amines) is 1. The zero-order valence-electron chi connectivity index (χ0n) is 10.7. The van der Waals surface area contributed by atoms with Crippen molar-refractivity contribution in [3.63, 3.8) is 0 Å². The van der Waals surface area contributed by atoms with Crippen LogP contribution in [0.3, 0.4) is 0 Å². The van der Waals surface area contributed by atoms with Crippen LogP contribution in [0.25, 0.3) is 0 Å². The number of carbonyl (C=O) groups is 2. The molecule has 1 fully saturated rings. The Morgan fingerprint density at radius 1 is 1.42 bits per heavy atom. The molecule has 102 valence electrons. The van der Waals surface area contributed by atoms with Crippen LogP contribution in [0, 0.1) is 0 Å². The zero-order chi connectivity index (χ0) is 13.8. The van der Waals surface area contributed by atoms with Crippen molar-refractivity contribution in [2.24, 2.45) is 0 Å². The van der Waals surface area contributed by atoms with Crippen LogP contribution in [0.2, 0.25) is 5.15 Å². The number of amides is 2. The first-order valence-corrected chi connectivity index (χ1v) is 6.67. The number of hydrogen-bond donors (Lipinski definition) is 1. The highest BCUT2D eigenvalue weighted by molar-refractivity contribution is 6.32. The average Bonchev–Trinajstić information content (AvgIpc) is 2.92. The summed E-state index contributed by atoms with van der Waals surface area (Å²) in [4.78, 5) is 29.7. The molecular weight excluding hydrogens is 266 g/mol. The van der Waals surface area contributed by atoms with Gasteiger partial charge in [0.1, 0.15) is 11.2 Å². The number of aromatic nitrogens is 1. The van der Waals surface area contributed by atoms with Gasteiger partial charge in [-0.2, -0.15) is 0 Å². The molecular formula is C13H16ClN3O2. The molecule has 2 rings (SSSR count). The number of nitrogens with one attached hydrogen (secondary N) is 1. The highest BCUT2D eigenvalue weighted by Gasteiger charge is 2.25. The Bertz CT molecular complexity index is 487. The van der Waals surface area contributed by atoms with Gasteiger partial charge in [-0.15, -0.1) is 0 Å². The van der Waals surface area contributed by atoms with Crippen LogP contribution in [0.4, 0.5) is 0 Å². The lowest BCUT2D eigenvalue weighted by Gasteiger charge is -2.21. The van der Waals surface area contributed by atoms with Crippen LogP contribution in [0.15, 0.2) is 18.3 Å². The lowest BCUT2D eigenvalue weighted by Crippen LogP contribution is -2.46. The smallest absolute Gasteiger partial charge is 0.255 e. The molecule has 6 heteroatoms. The zero-order valence-corrected chi connectivity index (χ0v) is 11.5. The quantitative estimate of drug-likeness (QED) is 0.854. The van der Waals surface area contributed by atoms with Gasteiger partial charge in [-0.1, -0.05) is 11.6 Å². The number of nitrogens with zero attached hydrogens (tertiary/aromatic N) is 2. The maximum Gasteiger partial charge on any atom is 0.255 e. The second-order valence-electron chi connectivity index (χ2n) is 4.57. The predicted molar refractivity (Wildman–Crippen MR) is 72.0 cm³/mol. The van der Waals surface area contributed by atoms with Crippen molar-refractivity contribution in [1.29, 1.82) is 0 Å². The average molecular weight is 282 g/mol. The van der Waals surface area contributed by atoms with Crippen molar-refractivity contribution in [1.82, 2.24) is 15.2 Å². The van der Waals surface area contributed by atoms with Gasteiger partial charge in [0, 0.05) is 19.3 Å². The lowest BCUT2D eigenvalue weighted by atomic mass is 10.2. The number of hydrogen-bond acceptors (Lipinski definition) is 3. The molecule has 0 saturated carbocycles. The van der Waals surface area contributed by atoms with E-state index in [2.05, 4.69) is 10.3 Å². The molecule has 1 unspecified atom stereocenters. The summed E-state index contributed by atoms with van der Waals surface area (Å²) in [6.07, 6.45) is 3.57. The first kappa shape index (κ1) is 13.8. The molecule has 0 aromatic carbocycles. The monoisotopic (exact) mass is 281 g/mol. The highest BCUT2D eigenvalue weighted by atomic mass is 35.5. The first-order valence-electron chi connectivity index (χ1n) is 6.30. The van der Waals surface area contributed by atoms with Crippen molar-refractivity contribution in [3.8, 4) is 0 Å². The molecule has 1 aliphatic heterocycles. The van der Waals surface area contributed by atoms with E-state index < -0.39 is 6.04 Å². The van der Waals surface area contributed by atoms with E-state index in [4.69, 9.17) is 11.6 Å². The molecule has 2 heterocycles. The molecule has 1 N–H and O–H groups in total. The van der Waals surface area contributed by atoms with Gasteiger partial charge >= 0.3 is 0 Å². The maximum atomic E-state index is 12.1. The standard InChI is InChI=1S/C13H16ClN3O2/c1-9(13(19)17-7-2-3-8-17)16-12(18)10-5-4-6-15-11(10)14/h4-6,9H,2-3,7-8H2,1H3,(H,16,18). The molecule has 0 radical (unpaired) electrons. The van der Waals surface area contributed by atoms with Crippen LogP contribution in [0.5, 0.6) is 0 Å². The van der Waals surface area contributed by atoms with Crippen LogP contribution in [-0.2, 0) is 4.79 Å². The minimum Gasteiger partial charge on any atom is -0.341 e. The molecule has 0 spiro atoms. The second-order valence-corrected chi connectivity index (χ2v) is 4.93.